The molecular weight excluding hydrogens is 354 g/mol. The molecule has 3 heterocycles. The van der Waals surface area contributed by atoms with Gasteiger partial charge < -0.3 is 14.9 Å². The van der Waals surface area contributed by atoms with Crippen LogP contribution in [-0.2, 0) is 11.2 Å². The number of fused-ring (bicyclic) bond motifs is 1. The number of nitrogens with zero attached hydrogens (tertiary/aromatic N) is 5. The van der Waals surface area contributed by atoms with Gasteiger partial charge >= 0.3 is 0 Å². The van der Waals surface area contributed by atoms with Gasteiger partial charge in [-0.2, -0.15) is 0 Å². The van der Waals surface area contributed by atoms with Gasteiger partial charge in [0.25, 0.3) is 0 Å². The van der Waals surface area contributed by atoms with E-state index < -0.39 is 6.10 Å². The van der Waals surface area contributed by atoms with Crippen LogP contribution in [0, 0.1) is 0 Å². The molecule has 1 aromatic carbocycles. The summed E-state index contributed by atoms with van der Waals surface area (Å²) >= 11 is 0. The average molecular weight is 381 g/mol. The van der Waals surface area contributed by atoms with Gasteiger partial charge in [0.05, 0.1) is 6.10 Å². The first-order chi connectivity index (χ1) is 13.7. The van der Waals surface area contributed by atoms with E-state index in [1.807, 2.05) is 30.0 Å². The van der Waals surface area contributed by atoms with Gasteiger partial charge in [-0.25, -0.2) is 9.97 Å². The third kappa shape index (κ3) is 3.86. The highest BCUT2D eigenvalue weighted by Gasteiger charge is 2.26. The van der Waals surface area contributed by atoms with Crippen LogP contribution in [0.3, 0.4) is 0 Å². The van der Waals surface area contributed by atoms with Crippen LogP contribution in [0.1, 0.15) is 30.6 Å². The van der Waals surface area contributed by atoms with Crippen molar-refractivity contribution in [2.75, 3.05) is 49.1 Å². The maximum atomic E-state index is 12.0. The molecule has 4 rings (SSSR count). The van der Waals surface area contributed by atoms with Gasteiger partial charge in [-0.3, -0.25) is 9.69 Å². The smallest absolute Gasteiger partial charge is 0.226 e. The third-order valence-electron chi connectivity index (χ3n) is 5.63. The SMILES string of the molecule is CCC(=O)N1CCc2cc(C(O)CN3CCN(c4ncccn4)CC3)ccc21. The highest BCUT2D eigenvalue weighted by Crippen LogP contribution is 2.31. The Morgan fingerprint density at radius 3 is 2.61 bits per heavy atom. The Bertz CT molecular complexity index is 821. The molecule has 0 radical (unpaired) electrons. The molecule has 148 valence electrons. The quantitative estimate of drug-likeness (QED) is 0.849. The van der Waals surface area contributed by atoms with E-state index in [1.54, 1.807) is 12.4 Å². The number of aliphatic hydroxyl groups is 1. The van der Waals surface area contributed by atoms with Crippen molar-refractivity contribution in [1.82, 2.24) is 14.9 Å². The topological polar surface area (TPSA) is 72.8 Å². The predicted molar refractivity (Wildman–Crippen MR) is 108 cm³/mol. The van der Waals surface area contributed by atoms with E-state index >= 15 is 0 Å². The zero-order valence-electron chi connectivity index (χ0n) is 16.3. The fourth-order valence-electron chi connectivity index (χ4n) is 4.01. The number of benzene rings is 1. The Morgan fingerprint density at radius 1 is 1.14 bits per heavy atom. The number of carbonyl (C=O) groups excluding carboxylic acids is 1. The Balaban J connectivity index is 1.35. The number of hydrogen-bond acceptors (Lipinski definition) is 6. The summed E-state index contributed by atoms with van der Waals surface area (Å²) in [6, 6.07) is 7.83. The zero-order chi connectivity index (χ0) is 19.5. The van der Waals surface area contributed by atoms with Crippen molar-refractivity contribution < 1.29 is 9.90 Å². The molecule has 1 saturated heterocycles. The second kappa shape index (κ2) is 8.24. The minimum absolute atomic E-state index is 0.160. The summed E-state index contributed by atoms with van der Waals surface area (Å²) in [5, 5.41) is 10.7. The number of aromatic nitrogens is 2. The molecule has 1 fully saturated rings. The Labute approximate surface area is 165 Å². The van der Waals surface area contributed by atoms with E-state index in [0.29, 0.717) is 13.0 Å². The number of piperazine rings is 1. The van der Waals surface area contributed by atoms with Crippen molar-refractivity contribution in [3.8, 4) is 0 Å². The maximum Gasteiger partial charge on any atom is 0.226 e. The van der Waals surface area contributed by atoms with Crippen LogP contribution >= 0.6 is 0 Å². The van der Waals surface area contributed by atoms with E-state index in [-0.39, 0.29) is 5.91 Å². The van der Waals surface area contributed by atoms with Gasteiger partial charge in [-0.05, 0) is 29.7 Å². The summed E-state index contributed by atoms with van der Waals surface area (Å²) in [6.07, 6.45) is 4.38. The Kier molecular flexibility index (Phi) is 5.54. The van der Waals surface area contributed by atoms with E-state index in [1.165, 1.54) is 0 Å². The van der Waals surface area contributed by atoms with Crippen molar-refractivity contribution >= 4 is 17.5 Å². The molecule has 1 unspecified atom stereocenters. The first kappa shape index (κ1) is 18.8. The fraction of sp³-hybridized carbons (Fsp3) is 0.476. The molecule has 0 saturated carbocycles. The van der Waals surface area contributed by atoms with Gasteiger partial charge in [0.2, 0.25) is 11.9 Å². The maximum absolute atomic E-state index is 12.0. The van der Waals surface area contributed by atoms with E-state index in [0.717, 1.165) is 61.9 Å². The summed E-state index contributed by atoms with van der Waals surface area (Å²) in [4.78, 5) is 27.0. The number of hydrogen-bond donors (Lipinski definition) is 1. The highest BCUT2D eigenvalue weighted by atomic mass is 16.3. The fourth-order valence-corrected chi connectivity index (χ4v) is 4.01. The van der Waals surface area contributed by atoms with Crippen molar-refractivity contribution in [1.29, 1.82) is 0 Å². The average Bonchev–Trinajstić information content (AvgIpc) is 3.17. The summed E-state index contributed by atoms with van der Waals surface area (Å²) in [7, 11) is 0. The minimum Gasteiger partial charge on any atom is -0.387 e. The van der Waals surface area contributed by atoms with Gasteiger partial charge in [0.1, 0.15) is 0 Å². The van der Waals surface area contributed by atoms with Crippen LogP contribution in [0.4, 0.5) is 11.6 Å². The van der Waals surface area contributed by atoms with Gasteiger partial charge in [0.15, 0.2) is 0 Å². The molecule has 1 aromatic heterocycles. The van der Waals surface area contributed by atoms with Crippen molar-refractivity contribution in [2.45, 2.75) is 25.9 Å². The molecule has 2 aliphatic rings. The van der Waals surface area contributed by atoms with E-state index in [9.17, 15) is 9.90 Å². The number of anilines is 2. The summed E-state index contributed by atoms with van der Waals surface area (Å²) in [5.74, 6) is 0.930. The second-order valence-corrected chi connectivity index (χ2v) is 7.39. The standard InChI is InChI=1S/C21H27N5O2/c1-2-20(28)26-9-6-16-14-17(4-5-18(16)26)19(27)15-24-10-12-25(13-11-24)21-22-7-3-8-23-21/h3-5,7-8,14,19,27H,2,6,9-13,15H2,1H3. The lowest BCUT2D eigenvalue weighted by Gasteiger charge is -2.35. The highest BCUT2D eigenvalue weighted by molar-refractivity contribution is 5.95. The largest absolute Gasteiger partial charge is 0.387 e. The molecule has 0 spiro atoms. The molecule has 1 atom stereocenters. The first-order valence-corrected chi connectivity index (χ1v) is 10.0. The number of aliphatic hydroxyl groups excluding tert-OH is 1. The van der Waals surface area contributed by atoms with Crippen LogP contribution in [0.25, 0.3) is 0 Å². The Morgan fingerprint density at radius 2 is 1.89 bits per heavy atom. The van der Waals surface area contributed by atoms with Gasteiger partial charge in [0, 0.05) is 63.8 Å². The van der Waals surface area contributed by atoms with Crippen LogP contribution in [0.5, 0.6) is 0 Å². The lowest BCUT2D eigenvalue weighted by Crippen LogP contribution is -2.48. The molecule has 1 N–H and O–H groups in total. The van der Waals surface area contributed by atoms with Crippen molar-refractivity contribution in [3.05, 3.63) is 47.8 Å². The molecule has 28 heavy (non-hydrogen) atoms. The minimum atomic E-state index is -0.527. The van der Waals surface area contributed by atoms with Crippen LogP contribution < -0.4 is 9.80 Å². The molecule has 2 aliphatic heterocycles. The molecule has 7 heteroatoms. The molecule has 1 amide bonds. The lowest BCUT2D eigenvalue weighted by molar-refractivity contribution is -0.118. The molecule has 7 nitrogen and oxygen atoms in total. The number of carbonyl (C=O) groups is 1. The van der Waals surface area contributed by atoms with Crippen molar-refractivity contribution in [3.63, 3.8) is 0 Å². The molecule has 0 bridgehead atoms. The van der Waals surface area contributed by atoms with Crippen LogP contribution in [0.15, 0.2) is 36.7 Å². The zero-order valence-corrected chi connectivity index (χ0v) is 16.3. The van der Waals surface area contributed by atoms with Gasteiger partial charge in [-0.15, -0.1) is 0 Å². The normalized spacial score (nSPS) is 18.2. The number of β-amino-alcohol motifs (C(OH)–C–C–N with tert-alkyl or cyclic N) is 1. The number of amides is 1. The van der Waals surface area contributed by atoms with E-state index in [2.05, 4.69) is 25.8 Å². The molecular formula is C21H27N5O2. The van der Waals surface area contributed by atoms with Crippen LogP contribution in [-0.4, -0.2) is 65.2 Å². The van der Waals surface area contributed by atoms with Gasteiger partial charge in [-0.1, -0.05) is 19.1 Å². The lowest BCUT2D eigenvalue weighted by atomic mass is 10.0. The summed E-state index contributed by atoms with van der Waals surface area (Å²) in [6.45, 7) is 6.70. The molecule has 2 aromatic rings. The predicted octanol–water partition coefficient (Wildman–Crippen LogP) is 1.63. The Hall–Kier alpha value is -2.51. The molecule has 0 aliphatic carbocycles. The first-order valence-electron chi connectivity index (χ1n) is 10.0. The number of rotatable bonds is 5. The van der Waals surface area contributed by atoms with Crippen molar-refractivity contribution in [2.24, 2.45) is 0 Å². The van der Waals surface area contributed by atoms with Crippen LogP contribution in [0.2, 0.25) is 0 Å². The second-order valence-electron chi connectivity index (χ2n) is 7.39. The monoisotopic (exact) mass is 381 g/mol. The summed E-state index contributed by atoms with van der Waals surface area (Å²) in [5.41, 5.74) is 3.09. The third-order valence-corrected chi connectivity index (χ3v) is 5.63. The van der Waals surface area contributed by atoms with E-state index in [4.69, 9.17) is 0 Å². The summed E-state index contributed by atoms with van der Waals surface area (Å²) < 4.78 is 0.